The first kappa shape index (κ1) is 26.1. The summed E-state index contributed by atoms with van der Waals surface area (Å²) in [4.78, 5) is 38.6. The number of nitrogens with zero attached hydrogens (tertiary/aromatic N) is 1. The molecule has 12 heteroatoms. The highest BCUT2D eigenvalue weighted by Crippen LogP contribution is 2.35. The molecule has 200 valence electrons. The predicted molar refractivity (Wildman–Crippen MR) is 137 cm³/mol. The maximum absolute atomic E-state index is 13.1. The van der Waals surface area contributed by atoms with Crippen LogP contribution in [0.3, 0.4) is 0 Å². The van der Waals surface area contributed by atoms with Crippen molar-refractivity contribution in [1.29, 1.82) is 0 Å². The van der Waals surface area contributed by atoms with Crippen LogP contribution in [-0.4, -0.2) is 30.9 Å². The Bertz CT molecular complexity index is 1510. The Hall–Kier alpha value is -4.51. The Labute approximate surface area is 224 Å². The van der Waals surface area contributed by atoms with Crippen molar-refractivity contribution in [1.82, 2.24) is 0 Å². The first-order valence-electron chi connectivity index (χ1n) is 11.6. The molecule has 0 atom stereocenters. The first-order valence-corrected chi connectivity index (χ1v) is 12.0. The lowest BCUT2D eigenvalue weighted by Crippen LogP contribution is -2.32. The van der Waals surface area contributed by atoms with Crippen LogP contribution >= 0.6 is 11.6 Å². The van der Waals surface area contributed by atoms with Gasteiger partial charge in [0.15, 0.2) is 11.5 Å². The zero-order valence-corrected chi connectivity index (χ0v) is 20.7. The highest BCUT2D eigenvalue weighted by molar-refractivity contribution is 6.53. The highest BCUT2D eigenvalue weighted by atomic mass is 35.5. The summed E-state index contributed by atoms with van der Waals surface area (Å²) in [7, 11) is 0. The van der Waals surface area contributed by atoms with Crippen LogP contribution in [0.2, 0.25) is 0 Å². The van der Waals surface area contributed by atoms with Crippen LogP contribution in [0.1, 0.15) is 11.1 Å². The van der Waals surface area contributed by atoms with Crippen molar-refractivity contribution >= 4 is 46.4 Å². The topological polar surface area (TPSA) is 97.0 Å². The van der Waals surface area contributed by atoms with Crippen LogP contribution in [0.15, 0.2) is 77.5 Å². The van der Waals surface area contributed by atoms with Gasteiger partial charge >= 0.3 is 6.18 Å². The summed E-state index contributed by atoms with van der Waals surface area (Å²) in [6.07, 6.45) is -4.60. The second-order valence-corrected chi connectivity index (χ2v) is 8.97. The highest BCUT2D eigenvalue weighted by Gasteiger charge is 2.40. The summed E-state index contributed by atoms with van der Waals surface area (Å²) in [5.41, 5.74) is 0.0594. The van der Waals surface area contributed by atoms with Gasteiger partial charge < -0.3 is 20.1 Å². The van der Waals surface area contributed by atoms with Crippen LogP contribution < -0.4 is 25.0 Å². The van der Waals surface area contributed by atoms with Gasteiger partial charge in [0.05, 0.1) is 17.7 Å². The minimum atomic E-state index is -4.65. The molecule has 0 aromatic heterocycles. The molecule has 2 aliphatic rings. The molecule has 0 radical (unpaired) electrons. The monoisotopic (exact) mass is 557 g/mol. The van der Waals surface area contributed by atoms with E-state index in [2.05, 4.69) is 10.6 Å². The molecule has 2 aliphatic heterocycles. The number of amides is 3. The molecule has 0 spiro atoms. The Kier molecular flexibility index (Phi) is 6.92. The zero-order valence-electron chi connectivity index (χ0n) is 20.0. The number of carbonyl (C=O) groups excluding carboxylic acids is 3. The molecule has 5 rings (SSSR count). The van der Waals surface area contributed by atoms with E-state index in [4.69, 9.17) is 21.1 Å². The molecular weight excluding hydrogens is 539 g/mol. The van der Waals surface area contributed by atoms with Gasteiger partial charge in [0.1, 0.15) is 23.9 Å². The number of alkyl halides is 3. The van der Waals surface area contributed by atoms with E-state index in [-0.39, 0.29) is 23.7 Å². The van der Waals surface area contributed by atoms with Crippen LogP contribution in [0.5, 0.6) is 11.5 Å². The van der Waals surface area contributed by atoms with E-state index >= 15 is 0 Å². The number of nitrogens with one attached hydrogen (secondary N) is 2. The van der Waals surface area contributed by atoms with E-state index < -0.39 is 28.6 Å². The maximum Gasteiger partial charge on any atom is 0.416 e. The van der Waals surface area contributed by atoms with E-state index in [0.717, 1.165) is 12.1 Å². The fraction of sp³-hybridized carbons (Fsp3) is 0.148. The van der Waals surface area contributed by atoms with E-state index in [1.54, 1.807) is 42.5 Å². The molecule has 3 aromatic carbocycles. The van der Waals surface area contributed by atoms with Gasteiger partial charge in [-0.2, -0.15) is 13.2 Å². The number of benzene rings is 3. The molecule has 2 N–H and O–H groups in total. The lowest BCUT2D eigenvalue weighted by atomic mass is 10.1. The number of hydrogen-bond donors (Lipinski definition) is 2. The van der Waals surface area contributed by atoms with E-state index in [1.165, 1.54) is 6.07 Å². The molecule has 0 fully saturated rings. The summed E-state index contributed by atoms with van der Waals surface area (Å²) >= 11 is 6.08. The average molecular weight is 558 g/mol. The molecule has 2 heterocycles. The van der Waals surface area contributed by atoms with Gasteiger partial charge in [0.2, 0.25) is 5.91 Å². The number of hydrogen-bond acceptors (Lipinski definition) is 6. The normalized spacial score (nSPS) is 15.0. The number of fused-ring (bicyclic) bond motifs is 1. The molecular formula is C27H19ClF3N3O5. The third-order valence-electron chi connectivity index (χ3n) is 5.87. The number of imide groups is 1. The fourth-order valence-electron chi connectivity index (χ4n) is 4.03. The van der Waals surface area contributed by atoms with Crippen molar-refractivity contribution in [2.24, 2.45) is 0 Å². The summed E-state index contributed by atoms with van der Waals surface area (Å²) in [6.45, 7) is 0.890. The van der Waals surface area contributed by atoms with Crippen LogP contribution in [0.25, 0.3) is 0 Å². The number of rotatable bonds is 6. The number of carbonyl (C=O) groups is 3. The van der Waals surface area contributed by atoms with E-state index in [1.807, 2.05) is 0 Å². The molecule has 3 aromatic rings. The van der Waals surface area contributed by atoms with Crippen LogP contribution in [-0.2, 0) is 27.0 Å². The fourth-order valence-corrected chi connectivity index (χ4v) is 4.24. The van der Waals surface area contributed by atoms with E-state index in [9.17, 15) is 27.6 Å². The van der Waals surface area contributed by atoms with E-state index in [0.29, 0.717) is 52.6 Å². The Morgan fingerprint density at radius 3 is 2.31 bits per heavy atom. The van der Waals surface area contributed by atoms with Crippen molar-refractivity contribution < 1.29 is 37.0 Å². The second kappa shape index (κ2) is 10.3. The lowest BCUT2D eigenvalue weighted by molar-refractivity contribution is -0.137. The summed E-state index contributed by atoms with van der Waals surface area (Å²) in [6, 6.07) is 15.4. The third-order valence-corrected chi connectivity index (χ3v) is 6.22. The Morgan fingerprint density at radius 2 is 1.59 bits per heavy atom. The van der Waals surface area contributed by atoms with Gasteiger partial charge in [-0.15, -0.1) is 0 Å². The first-order chi connectivity index (χ1) is 18.6. The summed E-state index contributed by atoms with van der Waals surface area (Å²) < 4.78 is 50.3. The SMILES string of the molecule is O=C(Cc1ccc(NC2=C(Cl)C(=O)N(c3cccc(C(F)(F)F)c3)C2=O)cc1)Nc1ccc2c(c1)OCCO2. The van der Waals surface area contributed by atoms with Gasteiger partial charge in [-0.25, -0.2) is 4.90 Å². The zero-order chi connectivity index (χ0) is 27.7. The van der Waals surface area contributed by atoms with Crippen molar-refractivity contribution in [3.8, 4) is 11.5 Å². The molecule has 0 saturated heterocycles. The molecule has 0 unspecified atom stereocenters. The number of ether oxygens (including phenoxy) is 2. The van der Waals surface area contributed by atoms with Crippen molar-refractivity contribution in [2.45, 2.75) is 12.6 Å². The maximum atomic E-state index is 13.1. The molecule has 8 nitrogen and oxygen atoms in total. The van der Waals surface area contributed by atoms with Crippen molar-refractivity contribution in [3.05, 3.63) is 88.6 Å². The largest absolute Gasteiger partial charge is 0.486 e. The predicted octanol–water partition coefficient (Wildman–Crippen LogP) is 5.09. The number of halogens is 4. The molecule has 3 amide bonds. The third kappa shape index (κ3) is 5.53. The minimum Gasteiger partial charge on any atom is -0.486 e. The smallest absolute Gasteiger partial charge is 0.416 e. The Balaban J connectivity index is 1.23. The van der Waals surface area contributed by atoms with Gasteiger partial charge in [0, 0.05) is 17.4 Å². The van der Waals surface area contributed by atoms with Gasteiger partial charge in [-0.1, -0.05) is 29.8 Å². The second-order valence-electron chi connectivity index (χ2n) is 8.59. The summed E-state index contributed by atoms with van der Waals surface area (Å²) in [5.74, 6) is -0.957. The molecule has 0 saturated carbocycles. The molecule has 0 bridgehead atoms. The Morgan fingerprint density at radius 1 is 0.897 bits per heavy atom. The number of anilines is 3. The van der Waals surface area contributed by atoms with Crippen LogP contribution in [0.4, 0.5) is 30.2 Å². The standard InChI is InChI=1S/C27H19ClF3N3O5/c28-23-24(26(37)34(25(23)36)19-3-1-2-16(13-19)27(29,30)31)33-17-6-4-15(5-7-17)12-22(35)32-18-8-9-20-21(14-18)39-11-10-38-20/h1-9,13-14,33H,10-12H2,(H,32,35). The summed E-state index contributed by atoms with van der Waals surface area (Å²) in [5, 5.41) is 5.08. The quantitative estimate of drug-likeness (QED) is 0.410. The average Bonchev–Trinajstić information content (AvgIpc) is 3.12. The molecule has 39 heavy (non-hydrogen) atoms. The van der Waals surface area contributed by atoms with Gasteiger partial charge in [-0.05, 0) is 48.0 Å². The lowest BCUT2D eigenvalue weighted by Gasteiger charge is -2.19. The van der Waals surface area contributed by atoms with Gasteiger partial charge in [0.25, 0.3) is 11.8 Å². The van der Waals surface area contributed by atoms with Crippen molar-refractivity contribution in [2.75, 3.05) is 28.7 Å². The van der Waals surface area contributed by atoms with Crippen LogP contribution in [0, 0.1) is 0 Å². The minimum absolute atomic E-state index is 0.0545. The van der Waals surface area contributed by atoms with Gasteiger partial charge in [-0.3, -0.25) is 14.4 Å². The molecule has 0 aliphatic carbocycles. The van der Waals surface area contributed by atoms with Crippen molar-refractivity contribution in [3.63, 3.8) is 0 Å².